The quantitative estimate of drug-likeness (QED) is 0.869. The van der Waals surface area contributed by atoms with Gasteiger partial charge in [-0.05, 0) is 28.1 Å². The highest BCUT2D eigenvalue weighted by atomic mass is 79.9. The van der Waals surface area contributed by atoms with Crippen molar-refractivity contribution in [3.63, 3.8) is 0 Å². The smallest absolute Gasteiger partial charge is 0.306 e. The number of cyclic esters (lactones) is 1. The molecule has 0 radical (unpaired) electrons. The van der Waals surface area contributed by atoms with Crippen molar-refractivity contribution in [3.05, 3.63) is 29.0 Å². The number of nitrogens with one attached hydrogen (secondary N) is 1. The predicted molar refractivity (Wildman–Crippen MR) is 75.2 cm³/mol. The Hall–Kier alpha value is -1.89. The van der Waals surface area contributed by atoms with Crippen LogP contribution >= 0.6 is 15.9 Å². The number of halogens is 1. The van der Waals surface area contributed by atoms with Gasteiger partial charge in [-0.15, -0.1) is 0 Å². The number of fused-ring (bicyclic) bond motifs is 1. The molecule has 1 N–H and O–H groups in total. The first-order valence-electron chi connectivity index (χ1n) is 6.20. The van der Waals surface area contributed by atoms with Crippen LogP contribution in [0.25, 0.3) is 5.65 Å². The second kappa shape index (κ2) is 5.24. The number of amides is 1. The second-order valence-corrected chi connectivity index (χ2v) is 5.55. The zero-order chi connectivity index (χ0) is 14.1. The van der Waals surface area contributed by atoms with Gasteiger partial charge in [0.1, 0.15) is 5.82 Å². The largest absolute Gasteiger partial charge is 0.465 e. The average molecular weight is 338 g/mol. The zero-order valence-electron chi connectivity index (χ0n) is 10.5. The molecule has 0 aliphatic carbocycles. The van der Waals surface area contributed by atoms with Gasteiger partial charge in [0.2, 0.25) is 5.91 Å². The minimum atomic E-state index is -0.235. The van der Waals surface area contributed by atoms with Crippen LogP contribution in [-0.4, -0.2) is 27.9 Å². The van der Waals surface area contributed by atoms with E-state index in [0.717, 1.165) is 10.1 Å². The number of hydrogen-bond acceptors (Lipinski definition) is 4. The molecule has 3 heterocycles. The lowest BCUT2D eigenvalue weighted by Crippen LogP contribution is -2.17. The molecule has 0 spiro atoms. The van der Waals surface area contributed by atoms with Crippen molar-refractivity contribution in [2.24, 2.45) is 5.92 Å². The molecule has 0 aromatic carbocycles. The fourth-order valence-electron chi connectivity index (χ4n) is 2.22. The molecule has 1 aliphatic heterocycles. The number of pyridine rings is 1. The minimum absolute atomic E-state index is 0.0339. The van der Waals surface area contributed by atoms with Gasteiger partial charge < -0.3 is 10.1 Å². The van der Waals surface area contributed by atoms with Crippen molar-refractivity contribution in [2.75, 3.05) is 11.9 Å². The normalized spacial score (nSPS) is 18.2. The van der Waals surface area contributed by atoms with Crippen LogP contribution < -0.4 is 5.32 Å². The molecule has 7 heteroatoms. The van der Waals surface area contributed by atoms with Crippen LogP contribution in [0.5, 0.6) is 0 Å². The highest BCUT2D eigenvalue weighted by Crippen LogP contribution is 2.21. The average Bonchev–Trinajstić information content (AvgIpc) is 2.98. The standard InChI is InChI=1S/C13H12BrN3O3/c14-9-2-1-3-17-10(6-15-13(9)17)16-11(18)4-8-5-12(19)20-7-8/h1-3,6,8H,4-5,7H2,(H,16,18)/t8-/m1/s1. The molecular formula is C13H12BrN3O3. The van der Waals surface area contributed by atoms with Crippen LogP contribution in [0.1, 0.15) is 12.8 Å². The number of carbonyl (C=O) groups excluding carboxylic acids is 2. The molecule has 0 bridgehead atoms. The molecule has 2 aromatic heterocycles. The van der Waals surface area contributed by atoms with Crippen LogP contribution in [0.4, 0.5) is 5.82 Å². The van der Waals surface area contributed by atoms with E-state index in [0.29, 0.717) is 18.8 Å². The van der Waals surface area contributed by atoms with Gasteiger partial charge in [-0.2, -0.15) is 0 Å². The van der Waals surface area contributed by atoms with Crippen molar-refractivity contribution >= 4 is 39.3 Å². The Labute approximate surface area is 123 Å². The number of carbonyl (C=O) groups is 2. The first-order valence-corrected chi connectivity index (χ1v) is 7.00. The Balaban J connectivity index is 1.71. The van der Waals surface area contributed by atoms with Gasteiger partial charge in [0.25, 0.3) is 0 Å². The third-order valence-electron chi connectivity index (χ3n) is 3.17. The van der Waals surface area contributed by atoms with E-state index in [-0.39, 0.29) is 24.2 Å². The molecule has 0 saturated carbocycles. The summed E-state index contributed by atoms with van der Waals surface area (Å²) >= 11 is 3.40. The Morgan fingerprint density at radius 1 is 1.60 bits per heavy atom. The van der Waals surface area contributed by atoms with Crippen LogP contribution in [0.15, 0.2) is 29.0 Å². The molecule has 1 amide bonds. The van der Waals surface area contributed by atoms with Crippen LogP contribution in [0, 0.1) is 5.92 Å². The van der Waals surface area contributed by atoms with Crippen molar-refractivity contribution in [1.29, 1.82) is 0 Å². The molecular weight excluding hydrogens is 326 g/mol. The lowest BCUT2D eigenvalue weighted by molar-refractivity contribution is -0.138. The van der Waals surface area contributed by atoms with E-state index in [1.807, 2.05) is 18.3 Å². The Kier molecular flexibility index (Phi) is 3.43. The van der Waals surface area contributed by atoms with E-state index in [1.165, 1.54) is 0 Å². The highest BCUT2D eigenvalue weighted by Gasteiger charge is 2.26. The van der Waals surface area contributed by atoms with E-state index < -0.39 is 0 Å². The number of nitrogens with zero attached hydrogens (tertiary/aromatic N) is 2. The van der Waals surface area contributed by atoms with Crippen molar-refractivity contribution < 1.29 is 14.3 Å². The molecule has 104 valence electrons. The van der Waals surface area contributed by atoms with Crippen molar-refractivity contribution in [1.82, 2.24) is 9.38 Å². The molecule has 2 aromatic rings. The maximum Gasteiger partial charge on any atom is 0.306 e. The lowest BCUT2D eigenvalue weighted by Gasteiger charge is -2.07. The third-order valence-corrected chi connectivity index (χ3v) is 3.78. The number of anilines is 1. The van der Waals surface area contributed by atoms with Crippen LogP contribution in [0.2, 0.25) is 0 Å². The van der Waals surface area contributed by atoms with E-state index in [1.54, 1.807) is 10.6 Å². The van der Waals surface area contributed by atoms with E-state index in [9.17, 15) is 9.59 Å². The number of esters is 1. The van der Waals surface area contributed by atoms with Crippen molar-refractivity contribution in [3.8, 4) is 0 Å². The molecule has 1 atom stereocenters. The number of rotatable bonds is 3. The van der Waals surface area contributed by atoms with Gasteiger partial charge >= 0.3 is 5.97 Å². The van der Waals surface area contributed by atoms with E-state index in [4.69, 9.17) is 4.74 Å². The van der Waals surface area contributed by atoms with Gasteiger partial charge in [0.15, 0.2) is 5.65 Å². The first kappa shape index (κ1) is 13.1. The summed E-state index contributed by atoms with van der Waals surface area (Å²) in [7, 11) is 0. The van der Waals surface area contributed by atoms with Gasteiger partial charge in [-0.25, -0.2) is 4.98 Å². The van der Waals surface area contributed by atoms with Gasteiger partial charge in [0.05, 0.1) is 23.7 Å². The molecule has 1 fully saturated rings. The summed E-state index contributed by atoms with van der Waals surface area (Å²) in [6, 6.07) is 3.74. The Morgan fingerprint density at radius 3 is 3.20 bits per heavy atom. The van der Waals surface area contributed by atoms with Gasteiger partial charge in [0, 0.05) is 18.5 Å². The molecule has 1 aliphatic rings. The van der Waals surface area contributed by atoms with Crippen LogP contribution in [0.3, 0.4) is 0 Å². The van der Waals surface area contributed by atoms with Crippen molar-refractivity contribution in [2.45, 2.75) is 12.8 Å². The molecule has 0 unspecified atom stereocenters. The maximum atomic E-state index is 12.0. The van der Waals surface area contributed by atoms with Crippen LogP contribution in [-0.2, 0) is 14.3 Å². The summed E-state index contributed by atoms with van der Waals surface area (Å²) < 4.78 is 7.49. The lowest BCUT2D eigenvalue weighted by atomic mass is 10.0. The molecule has 1 saturated heterocycles. The second-order valence-electron chi connectivity index (χ2n) is 4.70. The Bertz CT molecular complexity index is 683. The molecule has 3 rings (SSSR count). The van der Waals surface area contributed by atoms with Gasteiger partial charge in [-0.1, -0.05) is 0 Å². The maximum absolute atomic E-state index is 12.0. The fraction of sp³-hybridized carbons (Fsp3) is 0.308. The number of ether oxygens (including phenoxy) is 1. The monoisotopic (exact) mass is 337 g/mol. The number of hydrogen-bond donors (Lipinski definition) is 1. The summed E-state index contributed by atoms with van der Waals surface area (Å²) in [5.74, 6) is 0.196. The summed E-state index contributed by atoms with van der Waals surface area (Å²) in [4.78, 5) is 27.2. The summed E-state index contributed by atoms with van der Waals surface area (Å²) in [5.41, 5.74) is 0.738. The summed E-state index contributed by atoms with van der Waals surface area (Å²) in [6.45, 7) is 0.324. The highest BCUT2D eigenvalue weighted by molar-refractivity contribution is 9.10. The first-order chi connectivity index (χ1) is 9.63. The summed E-state index contributed by atoms with van der Waals surface area (Å²) in [5, 5.41) is 2.81. The SMILES string of the molecule is O=C(C[C@H]1COC(=O)C1)Nc1cnc2c(Br)cccn12. The Morgan fingerprint density at radius 2 is 2.45 bits per heavy atom. The number of aromatic nitrogens is 2. The van der Waals surface area contributed by atoms with E-state index >= 15 is 0 Å². The fourth-order valence-corrected chi connectivity index (χ4v) is 2.67. The predicted octanol–water partition coefficient (Wildman–Crippen LogP) is 1.99. The molecule has 6 nitrogen and oxygen atoms in total. The van der Waals surface area contributed by atoms with Gasteiger partial charge in [-0.3, -0.25) is 14.0 Å². The summed E-state index contributed by atoms with van der Waals surface area (Å²) in [6.07, 6.45) is 4.01. The zero-order valence-corrected chi connectivity index (χ0v) is 12.1. The third kappa shape index (κ3) is 2.53. The topological polar surface area (TPSA) is 72.7 Å². The van der Waals surface area contributed by atoms with E-state index in [2.05, 4.69) is 26.2 Å². The number of imidazole rings is 1. The minimum Gasteiger partial charge on any atom is -0.465 e. The molecule has 20 heavy (non-hydrogen) atoms.